The molecule has 2 aromatic carbocycles. The summed E-state index contributed by atoms with van der Waals surface area (Å²) in [6.07, 6.45) is 5.59. The van der Waals surface area contributed by atoms with Crippen LogP contribution in [0.5, 0.6) is 0 Å². The molecule has 3 heteroatoms. The number of fused-ring (bicyclic) bond motifs is 3. The molecule has 0 spiro atoms. The largest absolute Gasteiger partial charge is 0.341 e. The topological polar surface area (TPSA) is 22.8 Å². The minimum atomic E-state index is 0.967. The average Bonchev–Trinajstić information content (AvgIpc) is 3.12. The smallest absolute Gasteiger partial charge is 0.0991 e. The SMILES string of the molecule is CCn1c2cc[c]cc2c2cc(-n3ccnc3)ccc21. The molecule has 2 aromatic heterocycles. The number of aryl methyl sites for hydroxylation is 1. The van der Waals surface area contributed by atoms with Crippen molar-refractivity contribution in [2.75, 3.05) is 0 Å². The van der Waals surface area contributed by atoms with Crippen molar-refractivity contribution in [3.8, 4) is 5.69 Å². The molecule has 0 fully saturated rings. The van der Waals surface area contributed by atoms with E-state index in [9.17, 15) is 0 Å². The molecule has 0 bridgehead atoms. The van der Waals surface area contributed by atoms with Gasteiger partial charge in [0, 0.05) is 46.4 Å². The molecule has 0 atom stereocenters. The van der Waals surface area contributed by atoms with E-state index in [1.165, 1.54) is 21.8 Å². The van der Waals surface area contributed by atoms with E-state index in [0.29, 0.717) is 0 Å². The lowest BCUT2D eigenvalue weighted by atomic mass is 10.1. The van der Waals surface area contributed by atoms with Crippen LogP contribution in [0, 0.1) is 6.07 Å². The summed E-state index contributed by atoms with van der Waals surface area (Å²) in [4.78, 5) is 4.11. The van der Waals surface area contributed by atoms with Crippen LogP contribution in [0.15, 0.2) is 55.1 Å². The average molecular weight is 260 g/mol. The van der Waals surface area contributed by atoms with Crippen LogP contribution in [0.25, 0.3) is 27.5 Å². The van der Waals surface area contributed by atoms with E-state index in [0.717, 1.165) is 12.2 Å². The van der Waals surface area contributed by atoms with Gasteiger partial charge in [0.2, 0.25) is 0 Å². The summed E-state index contributed by atoms with van der Waals surface area (Å²) < 4.78 is 4.37. The second kappa shape index (κ2) is 4.23. The molecule has 0 aliphatic rings. The Balaban J connectivity index is 2.10. The van der Waals surface area contributed by atoms with Crippen molar-refractivity contribution in [1.29, 1.82) is 0 Å². The lowest BCUT2D eigenvalue weighted by Gasteiger charge is -2.04. The van der Waals surface area contributed by atoms with Crippen molar-refractivity contribution < 1.29 is 0 Å². The molecule has 0 aliphatic heterocycles. The molecule has 0 aliphatic carbocycles. The lowest BCUT2D eigenvalue weighted by molar-refractivity contribution is 0.827. The predicted molar refractivity (Wildman–Crippen MR) is 81.1 cm³/mol. The quantitative estimate of drug-likeness (QED) is 0.537. The van der Waals surface area contributed by atoms with Crippen LogP contribution in [0.1, 0.15) is 6.92 Å². The van der Waals surface area contributed by atoms with E-state index in [2.05, 4.69) is 52.9 Å². The van der Waals surface area contributed by atoms with Gasteiger partial charge in [-0.3, -0.25) is 0 Å². The number of hydrogen-bond donors (Lipinski definition) is 0. The van der Waals surface area contributed by atoms with Crippen molar-refractivity contribution in [3.63, 3.8) is 0 Å². The predicted octanol–water partition coefficient (Wildman–Crippen LogP) is 3.80. The number of aromatic nitrogens is 3. The second-order valence-corrected chi connectivity index (χ2v) is 4.86. The maximum atomic E-state index is 4.11. The Kier molecular flexibility index (Phi) is 2.39. The Morgan fingerprint density at radius 1 is 1.15 bits per heavy atom. The summed E-state index contributed by atoms with van der Waals surface area (Å²) in [6, 6.07) is 15.9. The van der Waals surface area contributed by atoms with Gasteiger partial charge in [-0.1, -0.05) is 6.07 Å². The van der Waals surface area contributed by atoms with Crippen molar-refractivity contribution in [2.24, 2.45) is 0 Å². The zero-order chi connectivity index (χ0) is 13.5. The van der Waals surface area contributed by atoms with Gasteiger partial charge in [-0.2, -0.15) is 0 Å². The zero-order valence-electron chi connectivity index (χ0n) is 11.2. The molecule has 0 N–H and O–H groups in total. The van der Waals surface area contributed by atoms with E-state index < -0.39 is 0 Å². The van der Waals surface area contributed by atoms with E-state index in [4.69, 9.17) is 0 Å². The first kappa shape index (κ1) is 11.3. The van der Waals surface area contributed by atoms with Gasteiger partial charge in [0.15, 0.2) is 0 Å². The first-order valence-corrected chi connectivity index (χ1v) is 6.79. The Morgan fingerprint density at radius 2 is 2.05 bits per heavy atom. The molecule has 0 saturated heterocycles. The van der Waals surface area contributed by atoms with Crippen molar-refractivity contribution in [1.82, 2.24) is 14.1 Å². The summed E-state index contributed by atoms with van der Waals surface area (Å²) in [5.41, 5.74) is 3.67. The fourth-order valence-corrected chi connectivity index (χ4v) is 2.89. The molecule has 20 heavy (non-hydrogen) atoms. The molecule has 2 heterocycles. The van der Waals surface area contributed by atoms with Crippen LogP contribution < -0.4 is 0 Å². The van der Waals surface area contributed by atoms with Crippen LogP contribution >= 0.6 is 0 Å². The molecule has 1 radical (unpaired) electrons. The molecular formula is C17H14N3. The number of benzene rings is 2. The normalized spacial score (nSPS) is 11.4. The highest BCUT2D eigenvalue weighted by molar-refractivity contribution is 6.08. The Hall–Kier alpha value is -2.55. The van der Waals surface area contributed by atoms with E-state index in [1.807, 2.05) is 23.2 Å². The summed E-state index contributed by atoms with van der Waals surface area (Å²) >= 11 is 0. The molecule has 3 nitrogen and oxygen atoms in total. The highest BCUT2D eigenvalue weighted by Crippen LogP contribution is 2.30. The third-order valence-electron chi connectivity index (χ3n) is 3.81. The van der Waals surface area contributed by atoms with Gasteiger partial charge in [-0.25, -0.2) is 4.98 Å². The molecule has 4 aromatic rings. The van der Waals surface area contributed by atoms with Crippen LogP contribution in [0.3, 0.4) is 0 Å². The minimum Gasteiger partial charge on any atom is -0.341 e. The highest BCUT2D eigenvalue weighted by Gasteiger charge is 2.09. The summed E-state index contributed by atoms with van der Waals surface area (Å²) in [5, 5.41) is 2.52. The van der Waals surface area contributed by atoms with Crippen LogP contribution in [-0.2, 0) is 6.54 Å². The minimum absolute atomic E-state index is 0.967. The maximum Gasteiger partial charge on any atom is 0.0991 e. The Bertz CT molecular complexity index is 885. The van der Waals surface area contributed by atoms with Crippen molar-refractivity contribution in [3.05, 3.63) is 61.2 Å². The molecule has 0 amide bonds. The Labute approximate surface area is 117 Å². The molecule has 4 rings (SSSR count). The van der Waals surface area contributed by atoms with Gasteiger partial charge < -0.3 is 9.13 Å². The molecule has 0 saturated carbocycles. The number of imidazole rings is 1. The third kappa shape index (κ3) is 1.50. The van der Waals surface area contributed by atoms with Gasteiger partial charge in [-0.05, 0) is 43.3 Å². The summed E-state index contributed by atoms with van der Waals surface area (Å²) in [7, 11) is 0. The Morgan fingerprint density at radius 3 is 2.85 bits per heavy atom. The molecule has 97 valence electrons. The molecular weight excluding hydrogens is 246 g/mol. The van der Waals surface area contributed by atoms with Gasteiger partial charge in [0.05, 0.1) is 6.33 Å². The van der Waals surface area contributed by atoms with E-state index in [1.54, 1.807) is 6.20 Å². The van der Waals surface area contributed by atoms with Gasteiger partial charge >= 0.3 is 0 Å². The van der Waals surface area contributed by atoms with Gasteiger partial charge in [-0.15, -0.1) is 0 Å². The standard InChI is InChI=1S/C17H14N3/c1-2-20-16-6-4-3-5-14(16)15-11-13(7-8-17(15)20)19-10-9-18-12-19/h4-12H,2H2,1H3. The highest BCUT2D eigenvalue weighted by atomic mass is 15.0. The number of nitrogens with zero attached hydrogens (tertiary/aromatic N) is 3. The summed E-state index contributed by atoms with van der Waals surface area (Å²) in [6.45, 7) is 3.15. The van der Waals surface area contributed by atoms with Crippen molar-refractivity contribution >= 4 is 21.8 Å². The van der Waals surface area contributed by atoms with E-state index >= 15 is 0 Å². The van der Waals surface area contributed by atoms with Crippen LogP contribution in [0.4, 0.5) is 0 Å². The van der Waals surface area contributed by atoms with Crippen molar-refractivity contribution in [2.45, 2.75) is 13.5 Å². The maximum absolute atomic E-state index is 4.11. The second-order valence-electron chi connectivity index (χ2n) is 4.86. The fourth-order valence-electron chi connectivity index (χ4n) is 2.89. The van der Waals surface area contributed by atoms with E-state index in [-0.39, 0.29) is 0 Å². The first-order valence-electron chi connectivity index (χ1n) is 6.79. The third-order valence-corrected chi connectivity index (χ3v) is 3.81. The zero-order valence-corrected chi connectivity index (χ0v) is 11.2. The molecule has 0 unspecified atom stereocenters. The van der Waals surface area contributed by atoms with Crippen LogP contribution in [-0.4, -0.2) is 14.1 Å². The number of hydrogen-bond acceptors (Lipinski definition) is 1. The fraction of sp³-hybridized carbons (Fsp3) is 0.118. The summed E-state index contributed by atoms with van der Waals surface area (Å²) in [5.74, 6) is 0. The number of rotatable bonds is 2. The van der Waals surface area contributed by atoms with Crippen LogP contribution in [0.2, 0.25) is 0 Å². The van der Waals surface area contributed by atoms with Gasteiger partial charge in [0.1, 0.15) is 0 Å². The first-order chi connectivity index (χ1) is 9.88. The monoisotopic (exact) mass is 260 g/mol. The van der Waals surface area contributed by atoms with Gasteiger partial charge in [0.25, 0.3) is 0 Å². The lowest BCUT2D eigenvalue weighted by Crippen LogP contribution is -1.93.